The second-order valence-electron chi connectivity index (χ2n) is 3.55. The van der Waals surface area contributed by atoms with Crippen molar-refractivity contribution >= 4 is 5.97 Å². The van der Waals surface area contributed by atoms with Crippen LogP contribution in [-0.2, 0) is 9.53 Å². The normalized spacial score (nSPS) is 12.1. The number of hydrogen-bond acceptors (Lipinski definition) is 2. The Labute approximate surface area is 91.3 Å². The molecule has 0 bridgehead atoms. The van der Waals surface area contributed by atoms with E-state index in [9.17, 15) is 4.79 Å². The molecular formula is C13H18O2. The maximum atomic E-state index is 11.0. The zero-order chi connectivity index (χ0) is 11.1. The summed E-state index contributed by atoms with van der Waals surface area (Å²) in [6, 6.07) is 10.2. The summed E-state index contributed by atoms with van der Waals surface area (Å²) in [5.41, 5.74) is 1.24. The average Bonchev–Trinajstić information content (AvgIpc) is 2.31. The number of benzene rings is 1. The molecule has 2 nitrogen and oxygen atoms in total. The molecule has 1 aromatic rings. The number of carbonyl (C=O) groups excluding carboxylic acids is 1. The summed E-state index contributed by atoms with van der Waals surface area (Å²) in [4.78, 5) is 11.0. The number of carbonyl (C=O) groups is 1. The fourth-order valence-electron chi connectivity index (χ4n) is 1.47. The van der Waals surface area contributed by atoms with Crippen molar-refractivity contribution in [3.8, 4) is 0 Å². The molecule has 0 saturated carbocycles. The van der Waals surface area contributed by atoms with Gasteiger partial charge in [0.25, 0.3) is 0 Å². The van der Waals surface area contributed by atoms with Crippen molar-refractivity contribution in [2.24, 2.45) is 0 Å². The summed E-state index contributed by atoms with van der Waals surface area (Å²) in [7, 11) is 0. The molecule has 1 unspecified atom stereocenters. The molecule has 0 heterocycles. The average molecular weight is 206 g/mol. The van der Waals surface area contributed by atoms with E-state index in [0.717, 1.165) is 6.42 Å². The lowest BCUT2D eigenvalue weighted by Crippen LogP contribution is -2.11. The van der Waals surface area contributed by atoms with Crippen molar-refractivity contribution in [3.63, 3.8) is 0 Å². The molecule has 0 aliphatic heterocycles. The van der Waals surface area contributed by atoms with Gasteiger partial charge in [-0.3, -0.25) is 4.79 Å². The summed E-state index contributed by atoms with van der Waals surface area (Å²) in [5.74, 6) is 0.200. The number of hydrogen-bond donors (Lipinski definition) is 0. The first-order chi connectivity index (χ1) is 7.27. The summed E-state index contributed by atoms with van der Waals surface area (Å²) < 4.78 is 5.16. The Morgan fingerprint density at radius 3 is 2.47 bits per heavy atom. The molecular weight excluding hydrogens is 188 g/mol. The maximum absolute atomic E-state index is 11.0. The van der Waals surface area contributed by atoms with Crippen molar-refractivity contribution < 1.29 is 9.53 Å². The molecule has 0 fully saturated rings. The van der Waals surface area contributed by atoms with E-state index in [4.69, 9.17) is 4.74 Å². The fraction of sp³-hybridized carbons (Fsp3) is 0.462. The second-order valence-corrected chi connectivity index (χ2v) is 3.55. The van der Waals surface area contributed by atoms with Crippen LogP contribution in [0.3, 0.4) is 0 Å². The van der Waals surface area contributed by atoms with Crippen LogP contribution in [0.15, 0.2) is 30.3 Å². The van der Waals surface area contributed by atoms with Gasteiger partial charge in [-0.1, -0.05) is 44.2 Å². The van der Waals surface area contributed by atoms with Gasteiger partial charge in [-0.05, 0) is 12.0 Å². The number of ether oxygens (including phenoxy) is 1. The first-order valence-corrected chi connectivity index (χ1v) is 5.48. The van der Waals surface area contributed by atoms with Gasteiger partial charge >= 0.3 is 5.97 Å². The van der Waals surface area contributed by atoms with E-state index in [-0.39, 0.29) is 5.97 Å². The van der Waals surface area contributed by atoms with Gasteiger partial charge in [0.1, 0.15) is 0 Å². The van der Waals surface area contributed by atoms with E-state index in [0.29, 0.717) is 18.9 Å². The van der Waals surface area contributed by atoms with E-state index >= 15 is 0 Å². The zero-order valence-corrected chi connectivity index (χ0v) is 9.40. The highest BCUT2D eigenvalue weighted by molar-refractivity contribution is 5.68. The highest BCUT2D eigenvalue weighted by Gasteiger charge is 2.10. The van der Waals surface area contributed by atoms with Crippen LogP contribution in [0.5, 0.6) is 0 Å². The van der Waals surface area contributed by atoms with E-state index in [1.165, 1.54) is 5.56 Å². The Morgan fingerprint density at radius 1 is 1.27 bits per heavy atom. The molecule has 1 aromatic carbocycles. The minimum absolute atomic E-state index is 0.121. The van der Waals surface area contributed by atoms with Crippen LogP contribution in [0.2, 0.25) is 0 Å². The third kappa shape index (κ3) is 3.74. The molecule has 0 saturated heterocycles. The lowest BCUT2D eigenvalue weighted by atomic mass is 9.98. The van der Waals surface area contributed by atoms with Crippen molar-refractivity contribution in [1.82, 2.24) is 0 Å². The quantitative estimate of drug-likeness (QED) is 0.692. The molecule has 2 heteroatoms. The molecule has 0 N–H and O–H groups in total. The largest absolute Gasteiger partial charge is 0.465 e. The van der Waals surface area contributed by atoms with Gasteiger partial charge in [0.05, 0.1) is 6.61 Å². The van der Waals surface area contributed by atoms with Gasteiger partial charge in [0.2, 0.25) is 0 Å². The highest BCUT2D eigenvalue weighted by atomic mass is 16.5. The smallest absolute Gasteiger partial charge is 0.305 e. The molecule has 0 amide bonds. The van der Waals surface area contributed by atoms with Crippen LogP contribution in [0.25, 0.3) is 0 Å². The lowest BCUT2D eigenvalue weighted by molar-refractivity contribution is -0.143. The Morgan fingerprint density at radius 2 is 1.93 bits per heavy atom. The SMILES string of the molecule is CCC(=O)OCC(CC)c1ccccc1. The van der Waals surface area contributed by atoms with Gasteiger partial charge in [-0.2, -0.15) is 0 Å². The Bertz CT molecular complexity index is 293. The summed E-state index contributed by atoms with van der Waals surface area (Å²) in [5, 5.41) is 0. The van der Waals surface area contributed by atoms with Gasteiger partial charge < -0.3 is 4.74 Å². The van der Waals surface area contributed by atoms with E-state index < -0.39 is 0 Å². The van der Waals surface area contributed by atoms with Crippen molar-refractivity contribution in [3.05, 3.63) is 35.9 Å². The summed E-state index contributed by atoms with van der Waals surface area (Å²) in [6.45, 7) is 4.41. The van der Waals surface area contributed by atoms with Crippen molar-refractivity contribution in [2.75, 3.05) is 6.61 Å². The predicted molar refractivity (Wildman–Crippen MR) is 60.7 cm³/mol. The third-order valence-corrected chi connectivity index (χ3v) is 2.50. The fourth-order valence-corrected chi connectivity index (χ4v) is 1.47. The lowest BCUT2D eigenvalue weighted by Gasteiger charge is -2.15. The molecule has 15 heavy (non-hydrogen) atoms. The maximum Gasteiger partial charge on any atom is 0.305 e. The monoisotopic (exact) mass is 206 g/mol. The minimum atomic E-state index is -0.121. The van der Waals surface area contributed by atoms with E-state index in [1.54, 1.807) is 0 Å². The van der Waals surface area contributed by atoms with Crippen molar-refractivity contribution in [2.45, 2.75) is 32.6 Å². The molecule has 1 atom stereocenters. The molecule has 0 aliphatic rings. The molecule has 82 valence electrons. The van der Waals surface area contributed by atoms with Gasteiger partial charge in [-0.15, -0.1) is 0 Å². The van der Waals surface area contributed by atoms with Gasteiger partial charge in [0.15, 0.2) is 0 Å². The first kappa shape index (κ1) is 11.8. The highest BCUT2D eigenvalue weighted by Crippen LogP contribution is 2.19. The summed E-state index contributed by atoms with van der Waals surface area (Å²) >= 11 is 0. The predicted octanol–water partition coefficient (Wildman–Crippen LogP) is 3.13. The van der Waals surface area contributed by atoms with Crippen LogP contribution in [0.4, 0.5) is 0 Å². The Kier molecular flexibility index (Phi) is 4.88. The van der Waals surface area contributed by atoms with Crippen molar-refractivity contribution in [1.29, 1.82) is 0 Å². The summed E-state index contributed by atoms with van der Waals surface area (Å²) in [6.07, 6.45) is 1.44. The van der Waals surface area contributed by atoms with Crippen LogP contribution < -0.4 is 0 Å². The molecule has 1 rings (SSSR count). The standard InChI is InChI=1S/C13H18O2/c1-3-11(10-15-13(14)4-2)12-8-6-5-7-9-12/h5-9,11H,3-4,10H2,1-2H3. The molecule has 0 spiro atoms. The number of rotatable bonds is 5. The topological polar surface area (TPSA) is 26.3 Å². The van der Waals surface area contributed by atoms with Crippen LogP contribution in [0.1, 0.15) is 38.2 Å². The van der Waals surface area contributed by atoms with E-state index in [1.807, 2.05) is 25.1 Å². The molecule has 0 radical (unpaired) electrons. The Hall–Kier alpha value is -1.31. The molecule has 0 aliphatic carbocycles. The van der Waals surface area contributed by atoms with Crippen LogP contribution in [0, 0.1) is 0 Å². The third-order valence-electron chi connectivity index (χ3n) is 2.50. The number of esters is 1. The van der Waals surface area contributed by atoms with Crippen LogP contribution in [-0.4, -0.2) is 12.6 Å². The van der Waals surface area contributed by atoms with E-state index in [2.05, 4.69) is 19.1 Å². The molecule has 0 aromatic heterocycles. The minimum Gasteiger partial charge on any atom is -0.465 e. The zero-order valence-electron chi connectivity index (χ0n) is 9.40. The Balaban J connectivity index is 2.53. The van der Waals surface area contributed by atoms with Gasteiger partial charge in [-0.25, -0.2) is 0 Å². The van der Waals surface area contributed by atoms with Gasteiger partial charge in [0, 0.05) is 12.3 Å². The van der Waals surface area contributed by atoms with Crippen LogP contribution >= 0.6 is 0 Å². The second kappa shape index (κ2) is 6.23. The first-order valence-electron chi connectivity index (χ1n) is 5.48.